The van der Waals surface area contributed by atoms with Gasteiger partial charge < -0.3 is 4.74 Å². The van der Waals surface area contributed by atoms with Crippen molar-refractivity contribution in [2.24, 2.45) is 0 Å². The van der Waals surface area contributed by atoms with Crippen LogP contribution >= 0.6 is 23.1 Å². The zero-order valence-electron chi connectivity index (χ0n) is 17.9. The number of benzene rings is 2. The van der Waals surface area contributed by atoms with E-state index in [4.69, 9.17) is 4.98 Å². The molecule has 0 bridgehead atoms. The molecule has 0 aliphatic carbocycles. The summed E-state index contributed by atoms with van der Waals surface area (Å²) in [6, 6.07) is 14.7. The molecule has 3 heterocycles. The van der Waals surface area contributed by atoms with Crippen molar-refractivity contribution in [3.05, 3.63) is 59.4 Å². The Bertz CT molecular complexity index is 1170. The van der Waals surface area contributed by atoms with E-state index in [-0.39, 0.29) is 5.75 Å². The third-order valence-electron chi connectivity index (χ3n) is 5.50. The Balaban J connectivity index is 1.41. The van der Waals surface area contributed by atoms with Crippen LogP contribution < -0.4 is 4.74 Å². The number of halogens is 2. The smallest absolute Gasteiger partial charge is 0.387 e. The van der Waals surface area contributed by atoms with Crippen LogP contribution in [-0.4, -0.2) is 44.3 Å². The van der Waals surface area contributed by atoms with Gasteiger partial charge in [-0.15, -0.1) is 21.5 Å². The van der Waals surface area contributed by atoms with Crippen LogP contribution in [0.5, 0.6) is 5.75 Å². The minimum Gasteiger partial charge on any atom is -0.435 e. The lowest BCUT2D eigenvalue weighted by atomic mass is 10.1. The lowest BCUT2D eigenvalue weighted by molar-refractivity contribution is -0.0498. The summed E-state index contributed by atoms with van der Waals surface area (Å²) in [5.41, 5.74) is 1.82. The lowest BCUT2D eigenvalue weighted by Gasteiger charge is -2.26. The Morgan fingerprint density at radius 2 is 1.79 bits per heavy atom. The maximum Gasteiger partial charge on any atom is 0.387 e. The van der Waals surface area contributed by atoms with Crippen LogP contribution in [0.25, 0.3) is 15.9 Å². The first-order chi connectivity index (χ1) is 16.2. The van der Waals surface area contributed by atoms with Gasteiger partial charge in [-0.3, -0.25) is 9.47 Å². The number of alkyl halides is 2. The predicted octanol–water partition coefficient (Wildman–Crippen LogP) is 5.76. The van der Waals surface area contributed by atoms with E-state index in [1.165, 1.54) is 19.3 Å². The fourth-order valence-corrected chi connectivity index (χ4v) is 5.89. The molecule has 1 aliphatic rings. The summed E-state index contributed by atoms with van der Waals surface area (Å²) in [7, 11) is 0. The summed E-state index contributed by atoms with van der Waals surface area (Å²) in [5.74, 6) is 1.64. The highest BCUT2D eigenvalue weighted by molar-refractivity contribution is 7.98. The molecule has 33 heavy (non-hydrogen) atoms. The fourth-order valence-electron chi connectivity index (χ4n) is 3.96. The van der Waals surface area contributed by atoms with Crippen LogP contribution in [0.1, 0.15) is 30.1 Å². The van der Waals surface area contributed by atoms with Crippen LogP contribution in [0.2, 0.25) is 0 Å². The molecule has 10 heteroatoms. The Morgan fingerprint density at radius 3 is 2.55 bits per heavy atom. The molecule has 1 saturated heterocycles. The standard InChI is InChI=1S/C23H23F2N5OS2/c24-22(25)31-17-10-8-16(9-11-17)30-20(14-29-12-4-1-5-13-29)27-28-23(30)32-15-21-26-18-6-2-3-7-19(18)33-21/h2-3,6-11,22H,1,4-5,12-15H2. The Kier molecular flexibility index (Phi) is 6.84. The number of aromatic nitrogens is 4. The summed E-state index contributed by atoms with van der Waals surface area (Å²) in [6.45, 7) is -0.0608. The summed E-state index contributed by atoms with van der Waals surface area (Å²) in [5, 5.41) is 10.7. The van der Waals surface area contributed by atoms with Crippen molar-refractivity contribution in [2.75, 3.05) is 13.1 Å². The number of ether oxygens (including phenoxy) is 1. The van der Waals surface area contributed by atoms with E-state index < -0.39 is 6.61 Å². The fraction of sp³-hybridized carbons (Fsp3) is 0.348. The van der Waals surface area contributed by atoms with Gasteiger partial charge in [-0.05, 0) is 62.3 Å². The molecule has 2 aromatic carbocycles. The quantitative estimate of drug-likeness (QED) is 0.295. The Hall–Kier alpha value is -2.56. The summed E-state index contributed by atoms with van der Waals surface area (Å²) >= 11 is 3.25. The van der Waals surface area contributed by atoms with Crippen molar-refractivity contribution in [1.82, 2.24) is 24.6 Å². The summed E-state index contributed by atoms with van der Waals surface area (Å²) in [4.78, 5) is 7.10. The van der Waals surface area contributed by atoms with Gasteiger partial charge in [0.1, 0.15) is 10.8 Å². The first-order valence-corrected chi connectivity index (χ1v) is 12.6. The molecule has 0 N–H and O–H groups in total. The molecule has 0 saturated carbocycles. The summed E-state index contributed by atoms with van der Waals surface area (Å²) < 4.78 is 32.8. The molecule has 0 radical (unpaired) electrons. The first kappa shape index (κ1) is 22.2. The van der Waals surface area contributed by atoms with Crippen molar-refractivity contribution in [2.45, 2.75) is 43.3 Å². The lowest BCUT2D eigenvalue weighted by Crippen LogP contribution is -2.30. The van der Waals surface area contributed by atoms with E-state index in [9.17, 15) is 8.78 Å². The molecule has 1 fully saturated rings. The second kappa shape index (κ2) is 10.1. The third-order valence-corrected chi connectivity index (χ3v) is 7.66. The van der Waals surface area contributed by atoms with Gasteiger partial charge in [0, 0.05) is 5.69 Å². The molecule has 4 aromatic rings. The van der Waals surface area contributed by atoms with E-state index >= 15 is 0 Å². The number of hydrogen-bond acceptors (Lipinski definition) is 7. The number of thiazole rings is 1. The second-order valence-corrected chi connectivity index (χ2v) is 9.87. The van der Waals surface area contributed by atoms with Gasteiger partial charge in [0.2, 0.25) is 0 Å². The molecule has 6 nitrogen and oxygen atoms in total. The van der Waals surface area contributed by atoms with Gasteiger partial charge in [-0.2, -0.15) is 8.78 Å². The van der Waals surface area contributed by atoms with Gasteiger partial charge >= 0.3 is 6.61 Å². The van der Waals surface area contributed by atoms with Crippen LogP contribution in [0.15, 0.2) is 53.7 Å². The largest absolute Gasteiger partial charge is 0.435 e. The molecular weight excluding hydrogens is 464 g/mol. The van der Waals surface area contributed by atoms with Crippen LogP contribution in [0.4, 0.5) is 8.78 Å². The highest BCUT2D eigenvalue weighted by Crippen LogP contribution is 2.30. The van der Waals surface area contributed by atoms with E-state index in [2.05, 4.69) is 25.9 Å². The minimum absolute atomic E-state index is 0.128. The second-order valence-electron chi connectivity index (χ2n) is 7.81. The van der Waals surface area contributed by atoms with Crippen LogP contribution in [-0.2, 0) is 12.3 Å². The highest BCUT2D eigenvalue weighted by atomic mass is 32.2. The number of thioether (sulfide) groups is 1. The normalized spacial score (nSPS) is 14.9. The molecule has 0 unspecified atom stereocenters. The van der Waals surface area contributed by atoms with E-state index in [0.29, 0.717) is 12.3 Å². The number of piperidine rings is 1. The molecule has 172 valence electrons. The predicted molar refractivity (Wildman–Crippen MR) is 126 cm³/mol. The van der Waals surface area contributed by atoms with Crippen molar-refractivity contribution in [1.29, 1.82) is 0 Å². The average Bonchev–Trinajstić information content (AvgIpc) is 3.42. The third kappa shape index (κ3) is 5.34. The first-order valence-electron chi connectivity index (χ1n) is 10.8. The van der Waals surface area contributed by atoms with Crippen molar-refractivity contribution < 1.29 is 13.5 Å². The maximum atomic E-state index is 12.6. The monoisotopic (exact) mass is 487 g/mol. The number of rotatable bonds is 8. The molecule has 0 amide bonds. The van der Waals surface area contributed by atoms with Gasteiger partial charge in [0.25, 0.3) is 0 Å². The number of likely N-dealkylation sites (tertiary alicyclic amines) is 1. The molecular formula is C23H23F2N5OS2. The van der Waals surface area contributed by atoms with Gasteiger partial charge in [0.05, 0.1) is 22.5 Å². The number of nitrogens with zero attached hydrogens (tertiary/aromatic N) is 5. The molecule has 2 aromatic heterocycles. The van der Waals surface area contributed by atoms with E-state index in [1.807, 2.05) is 22.8 Å². The maximum absolute atomic E-state index is 12.6. The minimum atomic E-state index is -2.85. The highest BCUT2D eigenvalue weighted by Gasteiger charge is 2.19. The van der Waals surface area contributed by atoms with Crippen molar-refractivity contribution in [3.8, 4) is 11.4 Å². The summed E-state index contributed by atoms with van der Waals surface area (Å²) in [6.07, 6.45) is 3.64. The van der Waals surface area contributed by atoms with Crippen LogP contribution in [0.3, 0.4) is 0 Å². The van der Waals surface area contributed by atoms with Crippen molar-refractivity contribution >= 4 is 33.3 Å². The zero-order chi connectivity index (χ0) is 22.6. The Labute approximate surface area is 198 Å². The topological polar surface area (TPSA) is 56.1 Å². The number of fused-ring (bicyclic) bond motifs is 1. The molecule has 5 rings (SSSR count). The van der Waals surface area contributed by atoms with Gasteiger partial charge in [0.15, 0.2) is 11.0 Å². The number of hydrogen-bond donors (Lipinski definition) is 0. The molecule has 0 atom stereocenters. The molecule has 1 aliphatic heterocycles. The average molecular weight is 488 g/mol. The van der Waals surface area contributed by atoms with E-state index in [1.54, 1.807) is 47.4 Å². The SMILES string of the molecule is FC(F)Oc1ccc(-n2c(CN3CCCCC3)nnc2SCc2nc3ccccc3s2)cc1. The van der Waals surface area contributed by atoms with Gasteiger partial charge in [-0.25, -0.2) is 4.98 Å². The van der Waals surface area contributed by atoms with Crippen molar-refractivity contribution in [3.63, 3.8) is 0 Å². The molecule has 0 spiro atoms. The van der Waals surface area contributed by atoms with Gasteiger partial charge in [-0.1, -0.05) is 30.3 Å². The van der Waals surface area contributed by atoms with Crippen LogP contribution in [0, 0.1) is 0 Å². The zero-order valence-corrected chi connectivity index (χ0v) is 19.5. The Morgan fingerprint density at radius 1 is 1.00 bits per heavy atom. The van der Waals surface area contributed by atoms with E-state index in [0.717, 1.165) is 45.0 Å². The number of para-hydroxylation sites is 1.